The number of rotatable bonds is 7. The van der Waals surface area contributed by atoms with Crippen LogP contribution in [-0.2, 0) is 9.59 Å². The maximum atomic E-state index is 14.9. The van der Waals surface area contributed by atoms with Crippen LogP contribution in [0.4, 0.5) is 17.6 Å². The molecule has 1 aromatic carbocycles. The molecule has 2 saturated heterocycles. The van der Waals surface area contributed by atoms with Crippen molar-refractivity contribution in [3.63, 3.8) is 0 Å². The molecule has 9 heteroatoms. The van der Waals surface area contributed by atoms with Crippen LogP contribution in [0.1, 0.15) is 91.5 Å². The topological polar surface area (TPSA) is 52.7 Å². The number of likely N-dealkylation sites (tertiary alicyclic amines) is 2. The minimum Gasteiger partial charge on any atom is -0.351 e. The first-order valence-corrected chi connectivity index (χ1v) is 15.1. The van der Waals surface area contributed by atoms with E-state index in [1.54, 1.807) is 0 Å². The molecule has 0 bridgehead atoms. The summed E-state index contributed by atoms with van der Waals surface area (Å²) in [5.41, 5.74) is -0.365. The van der Waals surface area contributed by atoms with E-state index in [4.69, 9.17) is 0 Å². The van der Waals surface area contributed by atoms with Gasteiger partial charge in [0.15, 0.2) is 0 Å². The van der Waals surface area contributed by atoms with E-state index in [9.17, 15) is 27.2 Å². The van der Waals surface area contributed by atoms with Crippen molar-refractivity contribution in [2.45, 2.75) is 103 Å². The average Bonchev–Trinajstić information content (AvgIpc) is 3.45. The predicted molar refractivity (Wildman–Crippen MR) is 152 cm³/mol. The van der Waals surface area contributed by atoms with Crippen molar-refractivity contribution >= 4 is 11.8 Å². The van der Waals surface area contributed by atoms with Crippen LogP contribution in [0.15, 0.2) is 18.2 Å². The molecule has 3 fully saturated rings. The molecule has 2 amide bonds. The number of hydrogen-bond donors (Lipinski definition) is 1. The number of piperidine rings is 1. The van der Waals surface area contributed by atoms with Crippen molar-refractivity contribution in [1.82, 2.24) is 15.1 Å². The summed E-state index contributed by atoms with van der Waals surface area (Å²) in [6.07, 6.45) is 2.28. The molecule has 0 spiro atoms. The molecule has 230 valence electrons. The van der Waals surface area contributed by atoms with Crippen LogP contribution in [0.3, 0.4) is 0 Å². The molecule has 0 radical (unpaired) electrons. The van der Waals surface area contributed by atoms with Crippen molar-refractivity contribution in [2.75, 3.05) is 26.2 Å². The van der Waals surface area contributed by atoms with Crippen LogP contribution in [0.25, 0.3) is 0 Å². The van der Waals surface area contributed by atoms with Gasteiger partial charge >= 0.3 is 0 Å². The molecule has 2 aliphatic heterocycles. The second-order valence-electron chi connectivity index (χ2n) is 14.4. The van der Waals surface area contributed by atoms with Gasteiger partial charge in [0.05, 0.1) is 5.92 Å². The molecular weight excluding hydrogens is 534 g/mol. The molecule has 0 aromatic heterocycles. The Bertz CT molecular complexity index is 1110. The number of carbonyl (C=O) groups excluding carboxylic acids is 2. The van der Waals surface area contributed by atoms with Gasteiger partial charge in [-0.25, -0.2) is 17.6 Å². The Balaban J connectivity index is 1.49. The van der Waals surface area contributed by atoms with Gasteiger partial charge in [0.25, 0.3) is 0 Å². The Morgan fingerprint density at radius 3 is 2.22 bits per heavy atom. The number of nitrogens with zero attached hydrogens (tertiary/aromatic N) is 2. The summed E-state index contributed by atoms with van der Waals surface area (Å²) in [4.78, 5) is 29.8. The van der Waals surface area contributed by atoms with Crippen LogP contribution in [0.2, 0.25) is 0 Å². The monoisotopic (exact) mass is 581 g/mol. The maximum absolute atomic E-state index is 14.9. The quantitative estimate of drug-likeness (QED) is 0.381. The molecule has 1 saturated carbocycles. The summed E-state index contributed by atoms with van der Waals surface area (Å²) >= 11 is 0. The SMILES string of the molecule is CC(=O)NC(C)(C)CC(C1CCN(C(=O)[C@@H]2CN(C(C)(C)C)C[C@H]2c2ccc(F)cc2F)CC1)C1CCC(F)(F)C1. The number of carbonyl (C=O) groups is 2. The zero-order chi connectivity index (χ0) is 30.3. The highest BCUT2D eigenvalue weighted by Crippen LogP contribution is 2.48. The van der Waals surface area contributed by atoms with Crippen molar-refractivity contribution in [3.05, 3.63) is 35.4 Å². The summed E-state index contributed by atoms with van der Waals surface area (Å²) < 4.78 is 57.1. The van der Waals surface area contributed by atoms with E-state index < -0.39 is 29.0 Å². The summed E-state index contributed by atoms with van der Waals surface area (Å²) in [6, 6.07) is 3.60. The van der Waals surface area contributed by atoms with Gasteiger partial charge in [-0.3, -0.25) is 14.5 Å². The Hall–Kier alpha value is -2.16. The van der Waals surface area contributed by atoms with Crippen molar-refractivity contribution in [1.29, 1.82) is 0 Å². The number of halogens is 4. The van der Waals surface area contributed by atoms with Crippen LogP contribution < -0.4 is 5.32 Å². The highest BCUT2D eigenvalue weighted by Gasteiger charge is 2.48. The van der Waals surface area contributed by atoms with Crippen molar-refractivity contribution < 1.29 is 27.2 Å². The van der Waals surface area contributed by atoms with Crippen LogP contribution >= 0.6 is 0 Å². The van der Waals surface area contributed by atoms with E-state index in [-0.39, 0.29) is 53.9 Å². The van der Waals surface area contributed by atoms with Crippen molar-refractivity contribution in [3.8, 4) is 0 Å². The lowest BCUT2D eigenvalue weighted by atomic mass is 9.70. The van der Waals surface area contributed by atoms with Gasteiger partial charge in [0.1, 0.15) is 11.6 Å². The Kier molecular flexibility index (Phi) is 9.18. The van der Waals surface area contributed by atoms with Crippen LogP contribution in [0, 0.1) is 35.3 Å². The maximum Gasteiger partial charge on any atom is 0.248 e. The average molecular weight is 582 g/mol. The molecular formula is C32H47F4N3O2. The van der Waals surface area contributed by atoms with Gasteiger partial charge in [-0.2, -0.15) is 0 Å². The smallest absolute Gasteiger partial charge is 0.248 e. The fourth-order valence-electron chi connectivity index (χ4n) is 7.69. The van der Waals surface area contributed by atoms with Gasteiger partial charge in [0, 0.05) is 69.0 Å². The first kappa shape index (κ1) is 31.8. The van der Waals surface area contributed by atoms with E-state index in [2.05, 4.69) is 31.0 Å². The number of hydrogen-bond acceptors (Lipinski definition) is 3. The molecule has 4 atom stereocenters. The molecule has 1 aromatic rings. The highest BCUT2D eigenvalue weighted by molar-refractivity contribution is 5.81. The summed E-state index contributed by atoms with van der Waals surface area (Å²) in [5.74, 6) is -4.84. The summed E-state index contributed by atoms with van der Waals surface area (Å²) in [5, 5.41) is 2.99. The van der Waals surface area contributed by atoms with E-state index in [1.807, 2.05) is 18.7 Å². The second-order valence-corrected chi connectivity index (χ2v) is 14.4. The summed E-state index contributed by atoms with van der Waals surface area (Å²) in [6.45, 7) is 13.6. The van der Waals surface area contributed by atoms with Gasteiger partial charge in [-0.05, 0) is 89.7 Å². The third-order valence-corrected chi connectivity index (χ3v) is 9.71. The first-order valence-electron chi connectivity index (χ1n) is 15.1. The minimum atomic E-state index is -2.65. The molecule has 2 heterocycles. The lowest BCUT2D eigenvalue weighted by Crippen LogP contribution is -2.48. The van der Waals surface area contributed by atoms with Crippen LogP contribution in [0.5, 0.6) is 0 Å². The number of amides is 2. The van der Waals surface area contributed by atoms with Crippen LogP contribution in [-0.4, -0.2) is 64.8 Å². The Morgan fingerprint density at radius 1 is 1.02 bits per heavy atom. The Morgan fingerprint density at radius 2 is 1.68 bits per heavy atom. The third kappa shape index (κ3) is 7.63. The molecule has 4 rings (SSSR count). The third-order valence-electron chi connectivity index (χ3n) is 9.71. The number of alkyl halides is 2. The van der Waals surface area contributed by atoms with Gasteiger partial charge in [-0.15, -0.1) is 0 Å². The predicted octanol–water partition coefficient (Wildman–Crippen LogP) is 6.37. The Labute approximate surface area is 242 Å². The van der Waals surface area contributed by atoms with E-state index >= 15 is 0 Å². The van der Waals surface area contributed by atoms with E-state index in [1.165, 1.54) is 19.1 Å². The zero-order valence-corrected chi connectivity index (χ0v) is 25.4. The van der Waals surface area contributed by atoms with Crippen molar-refractivity contribution in [2.24, 2.45) is 23.7 Å². The highest BCUT2D eigenvalue weighted by atomic mass is 19.3. The normalized spacial score (nSPS) is 26.8. The standard InChI is InChI=1S/C32H47F4N3O2/c1-20(40)37-31(5,6)17-25(22-9-12-32(35,36)16-22)21-10-13-38(14-11-21)29(41)27-19-39(30(2,3)4)18-26(27)24-8-7-23(33)15-28(24)34/h7-8,15,21-22,25-27H,9-14,16-19H2,1-6H3,(H,37,40)/t22?,25?,26-,27+/m0/s1. The van der Waals surface area contributed by atoms with Gasteiger partial charge in [0.2, 0.25) is 17.7 Å². The fourth-order valence-corrected chi connectivity index (χ4v) is 7.69. The number of benzene rings is 1. The molecule has 2 unspecified atom stereocenters. The molecule has 3 aliphatic rings. The number of nitrogens with one attached hydrogen (secondary N) is 1. The zero-order valence-electron chi connectivity index (χ0n) is 25.4. The largest absolute Gasteiger partial charge is 0.351 e. The molecule has 1 N–H and O–H groups in total. The molecule has 1 aliphatic carbocycles. The molecule has 5 nitrogen and oxygen atoms in total. The van der Waals surface area contributed by atoms with Gasteiger partial charge < -0.3 is 10.2 Å². The fraction of sp³-hybridized carbons (Fsp3) is 0.750. The summed E-state index contributed by atoms with van der Waals surface area (Å²) in [7, 11) is 0. The van der Waals surface area contributed by atoms with E-state index in [0.717, 1.165) is 6.07 Å². The lowest BCUT2D eigenvalue weighted by Gasteiger charge is -2.42. The second kappa shape index (κ2) is 11.8. The lowest BCUT2D eigenvalue weighted by molar-refractivity contribution is -0.137. The first-order chi connectivity index (χ1) is 19.0. The molecule has 41 heavy (non-hydrogen) atoms. The van der Waals surface area contributed by atoms with E-state index in [0.29, 0.717) is 57.4 Å². The minimum absolute atomic E-state index is 0.0198. The van der Waals surface area contributed by atoms with Gasteiger partial charge in [-0.1, -0.05) is 6.07 Å².